The highest BCUT2D eigenvalue weighted by atomic mass is 32.1. The molecule has 0 radical (unpaired) electrons. The number of carbonyl (C=O) groups excluding carboxylic acids is 1. The predicted octanol–water partition coefficient (Wildman–Crippen LogP) is 3.83. The molecule has 5 rings (SSSR count). The number of likely N-dealkylation sites (tertiary alicyclic amines) is 1. The molecular weight excluding hydrogens is 386 g/mol. The van der Waals surface area contributed by atoms with Gasteiger partial charge in [0, 0.05) is 25.2 Å². The zero-order valence-corrected chi connectivity index (χ0v) is 16.9. The van der Waals surface area contributed by atoms with Crippen molar-refractivity contribution in [2.75, 3.05) is 26.3 Å². The van der Waals surface area contributed by atoms with Crippen LogP contribution in [-0.4, -0.2) is 53.2 Å². The first-order valence-electron chi connectivity index (χ1n) is 10.0. The zero-order chi connectivity index (χ0) is 19.6. The fourth-order valence-electron chi connectivity index (χ4n) is 4.07. The number of para-hydroxylation sites is 1. The van der Waals surface area contributed by atoms with E-state index in [0.717, 1.165) is 35.6 Å². The third-order valence-corrected chi connectivity index (χ3v) is 6.37. The van der Waals surface area contributed by atoms with Crippen LogP contribution in [0.15, 0.2) is 54.0 Å². The molecule has 2 aromatic heterocycles. The number of thiophene rings is 1. The van der Waals surface area contributed by atoms with Crippen LogP contribution in [-0.2, 0) is 9.47 Å². The summed E-state index contributed by atoms with van der Waals surface area (Å²) in [6.07, 6.45) is 3.66. The molecule has 0 N–H and O–H groups in total. The van der Waals surface area contributed by atoms with Crippen molar-refractivity contribution in [3.05, 3.63) is 59.6 Å². The molecule has 1 atom stereocenters. The van der Waals surface area contributed by atoms with Crippen LogP contribution < -0.4 is 0 Å². The molecule has 29 heavy (non-hydrogen) atoms. The Kier molecular flexibility index (Phi) is 5.18. The maximum Gasteiger partial charge on any atom is 0.257 e. The Labute approximate surface area is 173 Å². The van der Waals surface area contributed by atoms with Crippen molar-refractivity contribution in [2.24, 2.45) is 5.92 Å². The molecule has 6 nitrogen and oxygen atoms in total. The maximum absolute atomic E-state index is 13.5. The zero-order valence-electron chi connectivity index (χ0n) is 16.1. The summed E-state index contributed by atoms with van der Waals surface area (Å²) in [5, 5.41) is 6.78. The fourth-order valence-corrected chi connectivity index (χ4v) is 4.80. The van der Waals surface area contributed by atoms with Gasteiger partial charge in [0.15, 0.2) is 6.29 Å². The topological polar surface area (TPSA) is 56.6 Å². The monoisotopic (exact) mass is 409 g/mol. The van der Waals surface area contributed by atoms with Gasteiger partial charge in [0.2, 0.25) is 0 Å². The Hall–Kier alpha value is -2.48. The summed E-state index contributed by atoms with van der Waals surface area (Å²) >= 11 is 1.60. The van der Waals surface area contributed by atoms with E-state index in [1.54, 1.807) is 16.0 Å². The normalized spacial score (nSPS) is 20.3. The fraction of sp³-hybridized carbons (Fsp3) is 0.364. The van der Waals surface area contributed by atoms with Crippen LogP contribution in [0, 0.1) is 5.92 Å². The molecule has 2 fully saturated rings. The quantitative estimate of drug-likeness (QED) is 0.657. The molecule has 1 amide bonds. The van der Waals surface area contributed by atoms with Gasteiger partial charge in [-0.3, -0.25) is 4.79 Å². The molecule has 1 aromatic carbocycles. The molecule has 4 heterocycles. The van der Waals surface area contributed by atoms with E-state index in [9.17, 15) is 4.79 Å². The summed E-state index contributed by atoms with van der Waals surface area (Å²) < 4.78 is 13.2. The van der Waals surface area contributed by atoms with E-state index in [-0.39, 0.29) is 18.1 Å². The lowest BCUT2D eigenvalue weighted by atomic mass is 9.96. The molecule has 0 aliphatic carbocycles. The lowest BCUT2D eigenvalue weighted by Gasteiger charge is -2.34. The molecule has 2 saturated heterocycles. The minimum atomic E-state index is -0.186. The number of carbonyl (C=O) groups is 1. The number of hydrogen-bond acceptors (Lipinski definition) is 5. The van der Waals surface area contributed by atoms with Gasteiger partial charge in [0.1, 0.15) is 5.69 Å². The van der Waals surface area contributed by atoms with Crippen LogP contribution in [0.5, 0.6) is 0 Å². The van der Waals surface area contributed by atoms with Crippen LogP contribution in [0.4, 0.5) is 0 Å². The average molecular weight is 410 g/mol. The Morgan fingerprint density at radius 3 is 2.69 bits per heavy atom. The second-order valence-corrected chi connectivity index (χ2v) is 8.36. The van der Waals surface area contributed by atoms with E-state index in [4.69, 9.17) is 14.6 Å². The van der Waals surface area contributed by atoms with E-state index in [1.807, 2.05) is 58.9 Å². The molecule has 0 saturated carbocycles. The van der Waals surface area contributed by atoms with Gasteiger partial charge in [-0.25, -0.2) is 4.68 Å². The van der Waals surface area contributed by atoms with Crippen LogP contribution in [0.2, 0.25) is 0 Å². The van der Waals surface area contributed by atoms with Gasteiger partial charge >= 0.3 is 0 Å². The lowest BCUT2D eigenvalue weighted by Crippen LogP contribution is -2.43. The second kappa shape index (κ2) is 8.10. The Morgan fingerprint density at radius 1 is 1.10 bits per heavy atom. The molecule has 150 valence electrons. The highest BCUT2D eigenvalue weighted by Crippen LogP contribution is 2.31. The van der Waals surface area contributed by atoms with E-state index in [2.05, 4.69) is 0 Å². The van der Waals surface area contributed by atoms with Gasteiger partial charge in [-0.1, -0.05) is 24.3 Å². The van der Waals surface area contributed by atoms with Crippen molar-refractivity contribution >= 4 is 17.2 Å². The Bertz CT molecular complexity index is 965. The molecule has 2 aliphatic heterocycles. The van der Waals surface area contributed by atoms with Crippen LogP contribution in [0.1, 0.15) is 23.2 Å². The van der Waals surface area contributed by atoms with Gasteiger partial charge in [-0.05, 0) is 36.4 Å². The number of rotatable bonds is 4. The minimum Gasteiger partial charge on any atom is -0.350 e. The van der Waals surface area contributed by atoms with Crippen molar-refractivity contribution < 1.29 is 14.3 Å². The van der Waals surface area contributed by atoms with Crippen molar-refractivity contribution in [3.63, 3.8) is 0 Å². The van der Waals surface area contributed by atoms with Gasteiger partial charge in [0.25, 0.3) is 5.91 Å². The summed E-state index contributed by atoms with van der Waals surface area (Å²) in [4.78, 5) is 16.4. The first-order valence-corrected chi connectivity index (χ1v) is 10.9. The number of aromatic nitrogens is 2. The van der Waals surface area contributed by atoms with E-state index >= 15 is 0 Å². The number of hydrogen-bond donors (Lipinski definition) is 0. The smallest absolute Gasteiger partial charge is 0.257 e. The molecule has 2 aliphatic rings. The first kappa shape index (κ1) is 18.5. The molecule has 0 bridgehead atoms. The van der Waals surface area contributed by atoms with Gasteiger partial charge in [-0.15, -0.1) is 11.3 Å². The van der Waals surface area contributed by atoms with Crippen molar-refractivity contribution in [1.29, 1.82) is 0 Å². The second-order valence-electron chi connectivity index (χ2n) is 7.41. The number of amides is 1. The Balaban J connectivity index is 1.46. The van der Waals surface area contributed by atoms with Gasteiger partial charge < -0.3 is 14.4 Å². The Morgan fingerprint density at radius 2 is 1.93 bits per heavy atom. The van der Waals surface area contributed by atoms with Crippen LogP contribution in [0.3, 0.4) is 0 Å². The highest BCUT2D eigenvalue weighted by molar-refractivity contribution is 7.13. The molecule has 7 heteroatoms. The number of ether oxygens (including phenoxy) is 2. The SMILES string of the molecule is O=C(c1cn(-c2ccccc2)nc1-c1cccs1)N1CCCC(C2OCCO2)C1. The van der Waals surface area contributed by atoms with E-state index < -0.39 is 0 Å². The van der Waals surface area contributed by atoms with E-state index in [0.29, 0.717) is 25.3 Å². The lowest BCUT2D eigenvalue weighted by molar-refractivity contribution is -0.0969. The number of nitrogens with zero attached hydrogens (tertiary/aromatic N) is 3. The minimum absolute atomic E-state index is 0.0262. The number of benzene rings is 1. The van der Waals surface area contributed by atoms with E-state index in [1.165, 1.54) is 0 Å². The maximum atomic E-state index is 13.5. The standard InChI is InChI=1S/C22H23N3O3S/c26-21(24-10-4-6-16(14-24)22-27-11-12-28-22)18-15-25(17-7-2-1-3-8-17)23-20(18)19-9-5-13-29-19/h1-3,5,7-9,13,15-16,22H,4,6,10-12,14H2. The summed E-state index contributed by atoms with van der Waals surface area (Å²) in [5.74, 6) is 0.253. The third-order valence-electron chi connectivity index (χ3n) is 5.50. The predicted molar refractivity (Wildman–Crippen MR) is 111 cm³/mol. The van der Waals surface area contributed by atoms with Gasteiger partial charge in [0.05, 0.1) is 29.3 Å². The number of piperidine rings is 1. The summed E-state index contributed by atoms with van der Waals surface area (Å²) in [6.45, 7) is 2.69. The van der Waals surface area contributed by atoms with Crippen molar-refractivity contribution in [2.45, 2.75) is 19.1 Å². The summed E-state index contributed by atoms with van der Waals surface area (Å²) in [5.41, 5.74) is 2.32. The molecular formula is C22H23N3O3S. The third kappa shape index (κ3) is 3.73. The van der Waals surface area contributed by atoms with Crippen molar-refractivity contribution in [1.82, 2.24) is 14.7 Å². The molecule has 0 spiro atoms. The van der Waals surface area contributed by atoms with Gasteiger partial charge in [-0.2, -0.15) is 5.10 Å². The highest BCUT2D eigenvalue weighted by Gasteiger charge is 2.34. The molecule has 1 unspecified atom stereocenters. The largest absolute Gasteiger partial charge is 0.350 e. The summed E-state index contributed by atoms with van der Waals surface area (Å²) in [7, 11) is 0. The van der Waals surface area contributed by atoms with Crippen LogP contribution >= 0.6 is 11.3 Å². The molecule has 3 aromatic rings. The first-order chi connectivity index (χ1) is 14.3. The van der Waals surface area contributed by atoms with Crippen LogP contribution in [0.25, 0.3) is 16.3 Å². The average Bonchev–Trinajstić information content (AvgIpc) is 3.55. The van der Waals surface area contributed by atoms with Crippen molar-refractivity contribution in [3.8, 4) is 16.3 Å². The summed E-state index contributed by atoms with van der Waals surface area (Å²) in [6, 6.07) is 13.9.